The lowest BCUT2D eigenvalue weighted by Gasteiger charge is -2.12. The number of halogens is 1. The molecule has 2 rings (SSSR count). The van der Waals surface area contributed by atoms with E-state index in [1.807, 2.05) is 30.4 Å². The molecular formula is C10H12ClN5S. The Hall–Kier alpha value is -1.40. The second-order valence-corrected chi connectivity index (χ2v) is 4.85. The zero-order valence-electron chi connectivity index (χ0n) is 9.73. The monoisotopic (exact) mass is 269 g/mol. The summed E-state index contributed by atoms with van der Waals surface area (Å²) in [6, 6.07) is 1.83. The maximum atomic E-state index is 6.08. The minimum Gasteiger partial charge on any atom is -0.357 e. The van der Waals surface area contributed by atoms with E-state index in [0.717, 1.165) is 4.88 Å². The Labute approximate surface area is 108 Å². The molecule has 2 heterocycles. The van der Waals surface area contributed by atoms with E-state index in [2.05, 4.69) is 20.3 Å². The van der Waals surface area contributed by atoms with Crippen LogP contribution in [0.5, 0.6) is 0 Å². The average Bonchev–Trinajstić information content (AvgIpc) is 2.74. The second kappa shape index (κ2) is 4.85. The van der Waals surface area contributed by atoms with Crippen molar-refractivity contribution in [3.8, 4) is 10.7 Å². The van der Waals surface area contributed by atoms with Crippen LogP contribution in [0.1, 0.15) is 0 Å². The Bertz CT molecular complexity index is 525. The van der Waals surface area contributed by atoms with Crippen LogP contribution in [-0.2, 0) is 0 Å². The van der Waals surface area contributed by atoms with Crippen LogP contribution in [0.25, 0.3) is 10.7 Å². The summed E-state index contributed by atoms with van der Waals surface area (Å²) >= 11 is 7.59. The van der Waals surface area contributed by atoms with Crippen molar-refractivity contribution < 1.29 is 0 Å². The largest absolute Gasteiger partial charge is 0.357 e. The summed E-state index contributed by atoms with van der Waals surface area (Å²) in [4.78, 5) is 15.6. The number of rotatable bonds is 3. The molecule has 0 aliphatic rings. The summed E-state index contributed by atoms with van der Waals surface area (Å²) in [5.41, 5.74) is 0. The van der Waals surface area contributed by atoms with Gasteiger partial charge in [-0.25, -0.2) is 0 Å². The molecule has 1 N–H and O–H groups in total. The molecule has 0 amide bonds. The fourth-order valence-electron chi connectivity index (χ4n) is 1.23. The number of nitrogens with zero attached hydrogens (tertiary/aromatic N) is 4. The molecule has 0 atom stereocenters. The SMILES string of the molecule is CNc1nc(-c2sccc2Cl)nc(N(C)C)n1. The maximum Gasteiger partial charge on any atom is 0.230 e. The quantitative estimate of drug-likeness (QED) is 0.927. The molecule has 0 saturated heterocycles. The predicted molar refractivity (Wildman–Crippen MR) is 72.0 cm³/mol. The van der Waals surface area contributed by atoms with Gasteiger partial charge in [0.1, 0.15) is 0 Å². The van der Waals surface area contributed by atoms with Gasteiger partial charge in [-0.1, -0.05) is 11.6 Å². The third-order valence-corrected chi connectivity index (χ3v) is 3.40. The molecule has 2 aromatic heterocycles. The van der Waals surface area contributed by atoms with Gasteiger partial charge in [0.15, 0.2) is 5.82 Å². The highest BCUT2D eigenvalue weighted by molar-refractivity contribution is 7.14. The van der Waals surface area contributed by atoms with E-state index in [1.165, 1.54) is 11.3 Å². The van der Waals surface area contributed by atoms with Crippen molar-refractivity contribution in [2.45, 2.75) is 0 Å². The standard InChI is InChI=1S/C10H12ClN5S/c1-12-9-13-8(7-6(11)4-5-17-7)14-10(15-9)16(2)3/h4-5H,1-3H3,(H,12,13,14,15). The van der Waals surface area contributed by atoms with Crippen LogP contribution in [0.15, 0.2) is 11.4 Å². The Morgan fingerprint density at radius 1 is 1.29 bits per heavy atom. The molecule has 0 aliphatic carbocycles. The molecule has 90 valence electrons. The molecule has 0 fully saturated rings. The lowest BCUT2D eigenvalue weighted by Crippen LogP contribution is -2.15. The van der Waals surface area contributed by atoms with E-state index in [-0.39, 0.29) is 0 Å². The Kier molecular flexibility index (Phi) is 3.44. The highest BCUT2D eigenvalue weighted by Crippen LogP contribution is 2.31. The summed E-state index contributed by atoms with van der Waals surface area (Å²) in [5.74, 6) is 1.72. The van der Waals surface area contributed by atoms with E-state index in [4.69, 9.17) is 11.6 Å². The molecule has 0 spiro atoms. The van der Waals surface area contributed by atoms with Crippen molar-refractivity contribution in [3.63, 3.8) is 0 Å². The zero-order valence-corrected chi connectivity index (χ0v) is 11.3. The fraction of sp³-hybridized carbons (Fsp3) is 0.300. The molecule has 0 unspecified atom stereocenters. The first-order chi connectivity index (χ1) is 8.11. The molecule has 0 aromatic carbocycles. The number of hydrogen-bond acceptors (Lipinski definition) is 6. The van der Waals surface area contributed by atoms with Gasteiger partial charge in [-0.3, -0.25) is 0 Å². The van der Waals surface area contributed by atoms with Crippen molar-refractivity contribution in [2.24, 2.45) is 0 Å². The second-order valence-electron chi connectivity index (χ2n) is 3.52. The minimum absolute atomic E-state index is 0.531. The van der Waals surface area contributed by atoms with Gasteiger partial charge in [0.05, 0.1) is 9.90 Å². The number of thiophene rings is 1. The van der Waals surface area contributed by atoms with E-state index in [1.54, 1.807) is 7.05 Å². The van der Waals surface area contributed by atoms with E-state index >= 15 is 0 Å². The van der Waals surface area contributed by atoms with E-state index in [0.29, 0.717) is 22.7 Å². The third kappa shape index (κ3) is 2.48. The smallest absolute Gasteiger partial charge is 0.230 e. The molecule has 0 saturated carbocycles. The highest BCUT2D eigenvalue weighted by Gasteiger charge is 2.12. The van der Waals surface area contributed by atoms with Crippen LogP contribution in [0, 0.1) is 0 Å². The highest BCUT2D eigenvalue weighted by atomic mass is 35.5. The summed E-state index contributed by atoms with van der Waals surface area (Å²) in [6.07, 6.45) is 0. The van der Waals surface area contributed by atoms with Crippen molar-refractivity contribution in [1.29, 1.82) is 0 Å². The topological polar surface area (TPSA) is 53.9 Å². The first-order valence-corrected chi connectivity index (χ1v) is 6.22. The fourth-order valence-corrected chi connectivity index (χ4v) is 2.30. The summed E-state index contributed by atoms with van der Waals surface area (Å²) < 4.78 is 0. The van der Waals surface area contributed by atoms with Gasteiger partial charge in [0.25, 0.3) is 0 Å². The third-order valence-electron chi connectivity index (χ3n) is 2.07. The van der Waals surface area contributed by atoms with E-state index < -0.39 is 0 Å². The normalized spacial score (nSPS) is 10.4. The van der Waals surface area contributed by atoms with Gasteiger partial charge in [-0.05, 0) is 11.4 Å². The predicted octanol–water partition coefficient (Wildman–Crippen LogP) is 2.36. The van der Waals surface area contributed by atoms with Gasteiger partial charge in [0.2, 0.25) is 11.9 Å². The minimum atomic E-state index is 0.531. The first-order valence-electron chi connectivity index (χ1n) is 4.96. The van der Waals surface area contributed by atoms with Crippen LogP contribution in [0.3, 0.4) is 0 Å². The number of nitrogens with one attached hydrogen (secondary N) is 1. The molecule has 5 nitrogen and oxygen atoms in total. The molecule has 2 aromatic rings. The van der Waals surface area contributed by atoms with Crippen LogP contribution in [-0.4, -0.2) is 36.1 Å². The number of hydrogen-bond donors (Lipinski definition) is 1. The molecule has 0 aliphatic heterocycles. The Morgan fingerprint density at radius 3 is 2.59 bits per heavy atom. The van der Waals surface area contributed by atoms with Crippen LogP contribution < -0.4 is 10.2 Å². The molecular weight excluding hydrogens is 258 g/mol. The average molecular weight is 270 g/mol. The lowest BCUT2D eigenvalue weighted by molar-refractivity contribution is 0.965. The van der Waals surface area contributed by atoms with Gasteiger partial charge in [-0.15, -0.1) is 11.3 Å². The first kappa shape index (κ1) is 12.1. The van der Waals surface area contributed by atoms with Crippen LogP contribution in [0.4, 0.5) is 11.9 Å². The van der Waals surface area contributed by atoms with Gasteiger partial charge in [0, 0.05) is 21.1 Å². The van der Waals surface area contributed by atoms with Crippen LogP contribution >= 0.6 is 22.9 Å². The molecule has 0 radical (unpaired) electrons. The van der Waals surface area contributed by atoms with Crippen molar-refractivity contribution in [2.75, 3.05) is 31.4 Å². The van der Waals surface area contributed by atoms with Crippen molar-refractivity contribution >= 4 is 34.8 Å². The van der Waals surface area contributed by atoms with E-state index in [9.17, 15) is 0 Å². The maximum absolute atomic E-state index is 6.08. The zero-order chi connectivity index (χ0) is 12.4. The lowest BCUT2D eigenvalue weighted by atomic mass is 10.4. The molecule has 7 heteroatoms. The van der Waals surface area contributed by atoms with Crippen LogP contribution in [0.2, 0.25) is 5.02 Å². The van der Waals surface area contributed by atoms with Gasteiger partial charge < -0.3 is 10.2 Å². The van der Waals surface area contributed by atoms with Gasteiger partial charge >= 0.3 is 0 Å². The Balaban J connectivity index is 2.54. The molecule has 17 heavy (non-hydrogen) atoms. The van der Waals surface area contributed by atoms with Crippen molar-refractivity contribution in [1.82, 2.24) is 15.0 Å². The van der Waals surface area contributed by atoms with Crippen molar-refractivity contribution in [3.05, 3.63) is 16.5 Å². The summed E-state index contributed by atoms with van der Waals surface area (Å²) in [7, 11) is 5.54. The van der Waals surface area contributed by atoms with Gasteiger partial charge in [-0.2, -0.15) is 15.0 Å². The molecule has 0 bridgehead atoms. The Morgan fingerprint density at radius 2 is 2.06 bits per heavy atom. The summed E-state index contributed by atoms with van der Waals surface area (Å²) in [6.45, 7) is 0. The number of aromatic nitrogens is 3. The number of anilines is 2. The summed E-state index contributed by atoms with van der Waals surface area (Å²) in [5, 5.41) is 5.49.